The second-order valence-corrected chi connectivity index (χ2v) is 10.1. The largest absolute Gasteiger partial charge is 0.227 e. The van der Waals surface area contributed by atoms with Crippen LogP contribution in [0.15, 0.2) is 57.5 Å². The van der Waals surface area contributed by atoms with Crippen LogP contribution in [0.2, 0.25) is 0 Å². The van der Waals surface area contributed by atoms with E-state index in [1.165, 1.54) is 0 Å². The van der Waals surface area contributed by atoms with Gasteiger partial charge in [0, 0.05) is 8.95 Å². The molecule has 0 aromatic heterocycles. The van der Waals surface area contributed by atoms with Gasteiger partial charge in [0.2, 0.25) is 0 Å². The Balaban J connectivity index is 2.25. The molecule has 2 aromatic rings. The van der Waals surface area contributed by atoms with Gasteiger partial charge in [-0.3, -0.25) is 0 Å². The molecule has 3 rings (SSSR count). The van der Waals surface area contributed by atoms with Crippen LogP contribution in [0.4, 0.5) is 0 Å². The van der Waals surface area contributed by atoms with E-state index < -0.39 is 19.3 Å². The fourth-order valence-electron chi connectivity index (χ4n) is 4.08. The number of hydrogen-bond acceptors (Lipinski definition) is 2. The molecule has 1 heterocycles. The van der Waals surface area contributed by atoms with Gasteiger partial charge in [-0.05, 0) is 48.2 Å². The Morgan fingerprint density at radius 1 is 0.739 bits per heavy atom. The van der Waals surface area contributed by atoms with Gasteiger partial charge in [-0.2, -0.15) is 0 Å². The Labute approximate surface area is 154 Å². The molecule has 23 heavy (non-hydrogen) atoms. The summed E-state index contributed by atoms with van der Waals surface area (Å²) in [6.45, 7) is 3.94. The number of hydrogen-bond donors (Lipinski definition) is 0. The van der Waals surface area contributed by atoms with Crippen molar-refractivity contribution >= 4 is 41.7 Å². The van der Waals surface area contributed by atoms with Crippen molar-refractivity contribution in [2.24, 2.45) is 0 Å². The number of benzene rings is 2. The lowest BCUT2D eigenvalue weighted by atomic mass is 9.78. The van der Waals surface area contributed by atoms with E-state index in [9.17, 15) is 8.42 Å². The van der Waals surface area contributed by atoms with E-state index in [1.54, 1.807) is 0 Å². The van der Waals surface area contributed by atoms with Crippen LogP contribution in [0.1, 0.15) is 37.8 Å². The zero-order valence-corrected chi connectivity index (χ0v) is 17.0. The smallest absolute Gasteiger partial charge is 0.173 e. The van der Waals surface area contributed by atoms with Crippen molar-refractivity contribution in [1.82, 2.24) is 0 Å². The summed E-state index contributed by atoms with van der Waals surface area (Å²) in [5.41, 5.74) is 1.76. The second-order valence-electron chi connectivity index (χ2n) is 5.88. The van der Waals surface area contributed by atoms with Crippen LogP contribution >= 0.6 is 31.9 Å². The molecule has 1 saturated heterocycles. The molecule has 1 aliphatic heterocycles. The fraction of sp³-hybridized carbons (Fsp3) is 0.333. The molecule has 0 radical (unpaired) electrons. The third-order valence-electron chi connectivity index (χ3n) is 5.15. The standard InChI is InChI=1S/C18H18Br2O2S/c1-3-17(13-5-9-15(19)10-6-13)18(4-2,23(17,21)22)14-7-11-16(20)12-8-14/h5-12H,3-4H2,1-2H3. The lowest BCUT2D eigenvalue weighted by molar-refractivity contribution is 0.506. The van der Waals surface area contributed by atoms with Gasteiger partial charge in [0.25, 0.3) is 0 Å². The SMILES string of the molecule is CCC1(c2ccc(Br)cc2)C(CC)(c2ccc(Br)cc2)S1(=O)=O. The van der Waals surface area contributed by atoms with Gasteiger partial charge in [-0.25, -0.2) is 8.42 Å². The molecule has 0 N–H and O–H groups in total. The molecule has 0 bridgehead atoms. The minimum Gasteiger partial charge on any atom is -0.227 e. The van der Waals surface area contributed by atoms with Gasteiger partial charge < -0.3 is 0 Å². The van der Waals surface area contributed by atoms with Gasteiger partial charge in [0.05, 0.1) is 0 Å². The van der Waals surface area contributed by atoms with E-state index in [0.717, 1.165) is 20.1 Å². The lowest BCUT2D eigenvalue weighted by Crippen LogP contribution is -2.21. The summed E-state index contributed by atoms with van der Waals surface area (Å²) < 4.78 is 26.8. The molecule has 1 fully saturated rings. The summed E-state index contributed by atoms with van der Waals surface area (Å²) in [5.74, 6) is 0. The zero-order chi connectivity index (χ0) is 16.9. The van der Waals surface area contributed by atoms with Crippen molar-refractivity contribution in [1.29, 1.82) is 0 Å². The first-order chi connectivity index (χ1) is 10.9. The zero-order valence-electron chi connectivity index (χ0n) is 13.0. The van der Waals surface area contributed by atoms with E-state index in [4.69, 9.17) is 0 Å². The third kappa shape index (κ3) is 2.06. The first kappa shape index (κ1) is 17.2. The summed E-state index contributed by atoms with van der Waals surface area (Å²) >= 11 is 6.85. The summed E-state index contributed by atoms with van der Waals surface area (Å²) in [4.78, 5) is 0. The number of halogens is 2. The van der Waals surface area contributed by atoms with Crippen molar-refractivity contribution < 1.29 is 8.42 Å². The van der Waals surface area contributed by atoms with E-state index in [-0.39, 0.29) is 0 Å². The van der Waals surface area contributed by atoms with E-state index in [2.05, 4.69) is 31.9 Å². The minimum absolute atomic E-state index is 0.570. The van der Waals surface area contributed by atoms with E-state index in [1.807, 2.05) is 62.4 Å². The molecule has 0 saturated carbocycles. The topological polar surface area (TPSA) is 34.1 Å². The first-order valence-electron chi connectivity index (χ1n) is 7.63. The molecular weight excluding hydrogens is 440 g/mol. The Morgan fingerprint density at radius 3 is 1.30 bits per heavy atom. The average molecular weight is 458 g/mol. The second kappa shape index (κ2) is 5.71. The van der Waals surface area contributed by atoms with Gasteiger partial charge in [-0.1, -0.05) is 70.0 Å². The highest BCUT2D eigenvalue weighted by atomic mass is 79.9. The van der Waals surface area contributed by atoms with E-state index in [0.29, 0.717) is 12.8 Å². The van der Waals surface area contributed by atoms with E-state index >= 15 is 0 Å². The monoisotopic (exact) mass is 456 g/mol. The molecule has 0 aliphatic carbocycles. The van der Waals surface area contributed by atoms with Crippen LogP contribution in [0.3, 0.4) is 0 Å². The molecule has 2 atom stereocenters. The quantitative estimate of drug-likeness (QED) is 0.564. The van der Waals surface area contributed by atoms with Crippen LogP contribution < -0.4 is 0 Å². The highest BCUT2D eigenvalue weighted by Crippen LogP contribution is 2.72. The van der Waals surface area contributed by atoms with Gasteiger partial charge in [0.15, 0.2) is 9.84 Å². The molecule has 0 amide bonds. The fourth-order valence-corrected chi connectivity index (χ4v) is 8.01. The molecule has 2 unspecified atom stereocenters. The van der Waals surface area contributed by atoms with Crippen molar-refractivity contribution in [3.8, 4) is 0 Å². The maximum absolute atomic E-state index is 13.3. The summed E-state index contributed by atoms with van der Waals surface area (Å²) in [5, 5.41) is 0. The predicted molar refractivity (Wildman–Crippen MR) is 101 cm³/mol. The molecule has 2 nitrogen and oxygen atoms in total. The Morgan fingerprint density at radius 2 is 1.04 bits per heavy atom. The third-order valence-corrected chi connectivity index (χ3v) is 9.58. The molecule has 2 aromatic carbocycles. The van der Waals surface area contributed by atoms with Crippen molar-refractivity contribution in [3.05, 3.63) is 68.6 Å². The summed E-state index contributed by atoms with van der Waals surface area (Å²) in [6, 6.07) is 15.4. The first-order valence-corrected chi connectivity index (χ1v) is 10.7. The molecular formula is C18H18Br2O2S. The molecule has 1 aliphatic rings. The highest BCUT2D eigenvalue weighted by molar-refractivity contribution is 9.10. The van der Waals surface area contributed by atoms with Crippen molar-refractivity contribution in [2.75, 3.05) is 0 Å². The minimum atomic E-state index is -3.28. The summed E-state index contributed by atoms with van der Waals surface area (Å²) in [7, 11) is -3.28. The van der Waals surface area contributed by atoms with Gasteiger partial charge in [0.1, 0.15) is 9.49 Å². The van der Waals surface area contributed by atoms with Gasteiger partial charge >= 0.3 is 0 Å². The van der Waals surface area contributed by atoms with Gasteiger partial charge in [-0.15, -0.1) is 0 Å². The molecule has 5 heteroatoms. The van der Waals surface area contributed by atoms with Crippen molar-refractivity contribution in [2.45, 2.75) is 36.2 Å². The molecule has 0 spiro atoms. The predicted octanol–water partition coefficient (Wildman–Crippen LogP) is 5.55. The molecule has 122 valence electrons. The van der Waals surface area contributed by atoms with Crippen LogP contribution in [0.5, 0.6) is 0 Å². The normalized spacial score (nSPS) is 28.5. The van der Waals surface area contributed by atoms with Crippen LogP contribution in [0, 0.1) is 0 Å². The number of sulfone groups is 1. The highest BCUT2D eigenvalue weighted by Gasteiger charge is 2.82. The number of rotatable bonds is 4. The average Bonchev–Trinajstić information content (AvgIpc) is 2.99. The van der Waals surface area contributed by atoms with Crippen LogP contribution in [-0.2, 0) is 19.3 Å². The lowest BCUT2D eigenvalue weighted by Gasteiger charge is -2.20. The van der Waals surface area contributed by atoms with Crippen LogP contribution in [-0.4, -0.2) is 8.42 Å². The Bertz CT molecular complexity index is 763. The van der Waals surface area contributed by atoms with Crippen molar-refractivity contribution in [3.63, 3.8) is 0 Å². The Hall–Kier alpha value is -0.650. The maximum Gasteiger partial charge on any atom is 0.173 e. The Kier molecular flexibility index (Phi) is 4.27. The maximum atomic E-state index is 13.3. The summed E-state index contributed by atoms with van der Waals surface area (Å²) in [6.07, 6.45) is 1.14. The van der Waals surface area contributed by atoms with Crippen LogP contribution in [0.25, 0.3) is 0 Å².